The molecule has 1 unspecified atom stereocenters. The standard InChI is InChI=1S/C11H14ClNO2/c12-10-4-3-8(13)6-11(10)15-9-2-1-5-14-7-9/h3-4,6,9H,1-2,5,7,13H2. The van der Waals surface area contributed by atoms with Crippen LogP contribution in [0.3, 0.4) is 0 Å². The lowest BCUT2D eigenvalue weighted by atomic mass is 10.2. The predicted octanol–water partition coefficient (Wildman–Crippen LogP) is 2.48. The van der Waals surface area contributed by atoms with Crippen LogP contribution in [0.5, 0.6) is 5.75 Å². The van der Waals surface area contributed by atoms with Gasteiger partial charge in [-0.2, -0.15) is 0 Å². The highest BCUT2D eigenvalue weighted by Crippen LogP contribution is 2.28. The second-order valence-corrected chi connectivity index (χ2v) is 4.05. The van der Waals surface area contributed by atoms with Gasteiger partial charge in [-0.25, -0.2) is 0 Å². The summed E-state index contributed by atoms with van der Waals surface area (Å²) in [6.07, 6.45) is 2.13. The van der Waals surface area contributed by atoms with E-state index >= 15 is 0 Å². The van der Waals surface area contributed by atoms with Gasteiger partial charge in [-0.15, -0.1) is 0 Å². The summed E-state index contributed by atoms with van der Waals surface area (Å²) >= 11 is 5.99. The number of hydrogen-bond acceptors (Lipinski definition) is 3. The minimum atomic E-state index is 0.0954. The Kier molecular flexibility index (Phi) is 3.34. The number of ether oxygens (including phenoxy) is 2. The van der Waals surface area contributed by atoms with Crippen molar-refractivity contribution in [2.45, 2.75) is 18.9 Å². The zero-order chi connectivity index (χ0) is 10.7. The largest absolute Gasteiger partial charge is 0.486 e. The summed E-state index contributed by atoms with van der Waals surface area (Å²) in [5.41, 5.74) is 6.32. The van der Waals surface area contributed by atoms with E-state index in [0.717, 1.165) is 19.4 Å². The summed E-state index contributed by atoms with van der Waals surface area (Å²) in [6, 6.07) is 5.25. The summed E-state index contributed by atoms with van der Waals surface area (Å²) < 4.78 is 11.1. The Morgan fingerprint density at radius 2 is 2.33 bits per heavy atom. The van der Waals surface area contributed by atoms with E-state index in [-0.39, 0.29) is 6.10 Å². The smallest absolute Gasteiger partial charge is 0.140 e. The second kappa shape index (κ2) is 4.73. The van der Waals surface area contributed by atoms with Crippen molar-refractivity contribution < 1.29 is 9.47 Å². The molecule has 1 aromatic carbocycles. The van der Waals surface area contributed by atoms with Crippen LogP contribution in [-0.2, 0) is 4.74 Å². The molecular formula is C11H14ClNO2. The highest BCUT2D eigenvalue weighted by molar-refractivity contribution is 6.32. The first-order chi connectivity index (χ1) is 7.25. The third-order valence-corrected chi connectivity index (χ3v) is 2.68. The van der Waals surface area contributed by atoms with E-state index in [1.165, 1.54) is 0 Å². The van der Waals surface area contributed by atoms with E-state index in [0.29, 0.717) is 23.1 Å². The Morgan fingerprint density at radius 1 is 1.47 bits per heavy atom. The molecule has 82 valence electrons. The first-order valence-corrected chi connectivity index (χ1v) is 5.43. The molecule has 1 fully saturated rings. The van der Waals surface area contributed by atoms with Crippen molar-refractivity contribution in [1.82, 2.24) is 0 Å². The van der Waals surface area contributed by atoms with E-state index in [9.17, 15) is 0 Å². The van der Waals surface area contributed by atoms with Crippen LogP contribution < -0.4 is 10.5 Å². The van der Waals surface area contributed by atoms with Gasteiger partial charge in [0.1, 0.15) is 11.9 Å². The Balaban J connectivity index is 2.05. The molecule has 1 aliphatic rings. The SMILES string of the molecule is Nc1ccc(Cl)c(OC2CCCOC2)c1. The quantitative estimate of drug-likeness (QED) is 0.790. The lowest BCUT2D eigenvalue weighted by Gasteiger charge is -2.23. The zero-order valence-electron chi connectivity index (χ0n) is 8.41. The Hall–Kier alpha value is -0.930. The minimum Gasteiger partial charge on any atom is -0.486 e. The molecule has 3 nitrogen and oxygen atoms in total. The molecule has 15 heavy (non-hydrogen) atoms. The van der Waals surface area contributed by atoms with E-state index in [1.54, 1.807) is 18.2 Å². The third kappa shape index (κ3) is 2.76. The first kappa shape index (κ1) is 10.6. The number of halogens is 1. The summed E-state index contributed by atoms with van der Waals surface area (Å²) in [5.74, 6) is 0.646. The predicted molar refractivity (Wildman–Crippen MR) is 60.3 cm³/mol. The molecule has 1 heterocycles. The van der Waals surface area contributed by atoms with Gasteiger partial charge in [0.25, 0.3) is 0 Å². The molecular weight excluding hydrogens is 214 g/mol. The van der Waals surface area contributed by atoms with Gasteiger partial charge in [0, 0.05) is 18.4 Å². The third-order valence-electron chi connectivity index (χ3n) is 2.37. The molecule has 0 radical (unpaired) electrons. The van der Waals surface area contributed by atoms with Gasteiger partial charge in [-0.05, 0) is 25.0 Å². The van der Waals surface area contributed by atoms with Gasteiger partial charge in [0.2, 0.25) is 0 Å². The molecule has 4 heteroatoms. The molecule has 0 spiro atoms. The van der Waals surface area contributed by atoms with Crippen LogP contribution in [0.2, 0.25) is 5.02 Å². The first-order valence-electron chi connectivity index (χ1n) is 5.05. The number of hydrogen-bond donors (Lipinski definition) is 1. The van der Waals surface area contributed by atoms with Crippen LogP contribution in [0.25, 0.3) is 0 Å². The maximum Gasteiger partial charge on any atom is 0.140 e. The van der Waals surface area contributed by atoms with E-state index in [4.69, 9.17) is 26.8 Å². The van der Waals surface area contributed by atoms with Crippen LogP contribution in [0, 0.1) is 0 Å². The maximum atomic E-state index is 5.99. The van der Waals surface area contributed by atoms with Crippen LogP contribution in [0.4, 0.5) is 5.69 Å². The fourth-order valence-electron chi connectivity index (χ4n) is 1.59. The summed E-state index contributed by atoms with van der Waals surface area (Å²) in [6.45, 7) is 1.45. The maximum absolute atomic E-state index is 5.99. The molecule has 0 bridgehead atoms. The van der Waals surface area contributed by atoms with Gasteiger partial charge < -0.3 is 15.2 Å². The van der Waals surface area contributed by atoms with Gasteiger partial charge in [-0.1, -0.05) is 11.6 Å². The molecule has 0 aliphatic carbocycles. The van der Waals surface area contributed by atoms with Crippen molar-refractivity contribution >= 4 is 17.3 Å². The lowest BCUT2D eigenvalue weighted by molar-refractivity contribution is 0.00750. The minimum absolute atomic E-state index is 0.0954. The normalized spacial score (nSPS) is 21.3. The van der Waals surface area contributed by atoms with Crippen LogP contribution in [0.15, 0.2) is 18.2 Å². The van der Waals surface area contributed by atoms with Crippen LogP contribution in [0.1, 0.15) is 12.8 Å². The summed E-state index contributed by atoms with van der Waals surface area (Å²) in [5, 5.41) is 0.592. The molecule has 2 rings (SSSR count). The number of nitrogens with two attached hydrogens (primary N) is 1. The van der Waals surface area contributed by atoms with Crippen LogP contribution >= 0.6 is 11.6 Å². The average molecular weight is 228 g/mol. The molecule has 0 saturated carbocycles. The van der Waals surface area contributed by atoms with Crippen molar-refractivity contribution in [1.29, 1.82) is 0 Å². The molecule has 1 aliphatic heterocycles. The number of anilines is 1. The molecule has 1 atom stereocenters. The molecule has 0 amide bonds. The monoisotopic (exact) mass is 227 g/mol. The van der Waals surface area contributed by atoms with E-state index in [2.05, 4.69) is 0 Å². The van der Waals surface area contributed by atoms with Gasteiger partial charge in [0.15, 0.2) is 0 Å². The van der Waals surface area contributed by atoms with E-state index in [1.807, 2.05) is 0 Å². The average Bonchev–Trinajstić information content (AvgIpc) is 2.25. The van der Waals surface area contributed by atoms with Gasteiger partial charge in [0.05, 0.1) is 11.6 Å². The van der Waals surface area contributed by atoms with Crippen molar-refractivity contribution in [3.8, 4) is 5.75 Å². The van der Waals surface area contributed by atoms with Crippen LogP contribution in [-0.4, -0.2) is 19.3 Å². The number of rotatable bonds is 2. The van der Waals surface area contributed by atoms with Crippen molar-refractivity contribution in [2.24, 2.45) is 0 Å². The fourth-order valence-corrected chi connectivity index (χ4v) is 1.76. The van der Waals surface area contributed by atoms with E-state index < -0.39 is 0 Å². The zero-order valence-corrected chi connectivity index (χ0v) is 9.17. The number of benzene rings is 1. The summed E-state index contributed by atoms with van der Waals surface area (Å²) in [7, 11) is 0. The lowest BCUT2D eigenvalue weighted by Crippen LogP contribution is -2.28. The molecule has 0 aromatic heterocycles. The Labute approximate surface area is 94.1 Å². The Bertz CT molecular complexity index is 337. The molecule has 1 aromatic rings. The van der Waals surface area contributed by atoms with Gasteiger partial charge >= 0.3 is 0 Å². The highest BCUT2D eigenvalue weighted by atomic mass is 35.5. The molecule has 1 saturated heterocycles. The fraction of sp³-hybridized carbons (Fsp3) is 0.455. The topological polar surface area (TPSA) is 44.5 Å². The van der Waals surface area contributed by atoms with Gasteiger partial charge in [-0.3, -0.25) is 0 Å². The molecule has 2 N–H and O–H groups in total. The highest BCUT2D eigenvalue weighted by Gasteiger charge is 2.16. The van der Waals surface area contributed by atoms with Crippen molar-refractivity contribution in [2.75, 3.05) is 18.9 Å². The number of nitrogen functional groups attached to an aromatic ring is 1. The van der Waals surface area contributed by atoms with Crippen molar-refractivity contribution in [3.05, 3.63) is 23.2 Å². The Morgan fingerprint density at radius 3 is 3.07 bits per heavy atom. The van der Waals surface area contributed by atoms with Crippen molar-refractivity contribution in [3.63, 3.8) is 0 Å². The summed E-state index contributed by atoms with van der Waals surface area (Å²) in [4.78, 5) is 0. The second-order valence-electron chi connectivity index (χ2n) is 3.65.